The van der Waals surface area contributed by atoms with Crippen LogP contribution in [0.5, 0.6) is 0 Å². The van der Waals surface area contributed by atoms with Gasteiger partial charge in [0.25, 0.3) is 5.91 Å². The molecule has 0 saturated carbocycles. The minimum absolute atomic E-state index is 0.0370. The molecule has 2 amide bonds. The van der Waals surface area contributed by atoms with Crippen molar-refractivity contribution >= 4 is 17.8 Å². The van der Waals surface area contributed by atoms with Crippen LogP contribution in [0, 0.1) is 0 Å². The van der Waals surface area contributed by atoms with Crippen molar-refractivity contribution in [2.45, 2.75) is 6.42 Å². The maximum atomic E-state index is 12.3. The van der Waals surface area contributed by atoms with Crippen LogP contribution < -0.4 is 10.2 Å². The molecule has 3 rings (SSSR count). The zero-order valence-corrected chi connectivity index (χ0v) is 13.8. The van der Waals surface area contributed by atoms with Gasteiger partial charge in [-0.2, -0.15) is 0 Å². The molecular formula is C17H20N6O2. The standard InChI is InChI=1S/C17H20N6O2/c24-15(5-9-19-16(25)14-4-1-2-6-18-14)22-10-12-23(13-11-22)17-20-7-3-8-21-17/h1-4,6-8H,5,9-13H2,(H,19,25). The number of rotatable bonds is 5. The Labute approximate surface area is 145 Å². The molecule has 0 atom stereocenters. The Kier molecular flexibility index (Phi) is 5.50. The number of hydrogen-bond donors (Lipinski definition) is 1. The molecule has 0 aliphatic carbocycles. The molecule has 8 heteroatoms. The van der Waals surface area contributed by atoms with E-state index in [4.69, 9.17) is 0 Å². The van der Waals surface area contributed by atoms with Gasteiger partial charge in [0.1, 0.15) is 5.69 Å². The van der Waals surface area contributed by atoms with Crippen LogP contribution in [0.25, 0.3) is 0 Å². The summed E-state index contributed by atoms with van der Waals surface area (Å²) >= 11 is 0. The van der Waals surface area contributed by atoms with Crippen molar-refractivity contribution in [3.8, 4) is 0 Å². The van der Waals surface area contributed by atoms with Gasteiger partial charge >= 0.3 is 0 Å². The number of anilines is 1. The Morgan fingerprint density at radius 1 is 0.960 bits per heavy atom. The van der Waals surface area contributed by atoms with Crippen molar-refractivity contribution in [3.05, 3.63) is 48.5 Å². The van der Waals surface area contributed by atoms with E-state index >= 15 is 0 Å². The molecule has 2 aromatic heterocycles. The highest BCUT2D eigenvalue weighted by Gasteiger charge is 2.22. The molecule has 0 radical (unpaired) electrons. The van der Waals surface area contributed by atoms with Crippen molar-refractivity contribution in [2.24, 2.45) is 0 Å². The van der Waals surface area contributed by atoms with Gasteiger partial charge in [0.15, 0.2) is 0 Å². The van der Waals surface area contributed by atoms with E-state index < -0.39 is 0 Å². The van der Waals surface area contributed by atoms with E-state index in [0.717, 1.165) is 0 Å². The molecule has 8 nitrogen and oxygen atoms in total. The summed E-state index contributed by atoms with van der Waals surface area (Å²) in [7, 11) is 0. The highest BCUT2D eigenvalue weighted by molar-refractivity contribution is 5.92. The van der Waals surface area contributed by atoms with Crippen molar-refractivity contribution in [2.75, 3.05) is 37.6 Å². The third-order valence-electron chi connectivity index (χ3n) is 3.99. The molecule has 0 spiro atoms. The summed E-state index contributed by atoms with van der Waals surface area (Å²) in [5, 5.41) is 2.72. The summed E-state index contributed by atoms with van der Waals surface area (Å²) in [6.07, 6.45) is 5.27. The van der Waals surface area contributed by atoms with Gasteiger partial charge in [-0.1, -0.05) is 6.07 Å². The van der Waals surface area contributed by atoms with Crippen molar-refractivity contribution in [1.82, 2.24) is 25.2 Å². The third-order valence-corrected chi connectivity index (χ3v) is 3.99. The number of nitrogens with zero attached hydrogens (tertiary/aromatic N) is 5. The van der Waals surface area contributed by atoms with Crippen LogP contribution in [0.2, 0.25) is 0 Å². The van der Waals surface area contributed by atoms with Gasteiger partial charge in [-0.05, 0) is 18.2 Å². The minimum Gasteiger partial charge on any atom is -0.350 e. The predicted molar refractivity (Wildman–Crippen MR) is 92.0 cm³/mol. The summed E-state index contributed by atoms with van der Waals surface area (Å²) in [6, 6.07) is 6.92. The molecule has 2 aromatic rings. The lowest BCUT2D eigenvalue weighted by Gasteiger charge is -2.34. The summed E-state index contributed by atoms with van der Waals surface area (Å²) in [5.41, 5.74) is 0.353. The lowest BCUT2D eigenvalue weighted by atomic mass is 10.2. The number of hydrogen-bond acceptors (Lipinski definition) is 6. The fraction of sp³-hybridized carbons (Fsp3) is 0.353. The summed E-state index contributed by atoms with van der Waals surface area (Å²) < 4.78 is 0. The molecule has 130 valence electrons. The minimum atomic E-state index is -0.264. The van der Waals surface area contributed by atoms with Crippen LogP contribution >= 0.6 is 0 Å². The van der Waals surface area contributed by atoms with Crippen LogP contribution in [0.1, 0.15) is 16.9 Å². The average molecular weight is 340 g/mol. The predicted octanol–water partition coefficient (Wildman–Crippen LogP) is 0.340. The lowest BCUT2D eigenvalue weighted by molar-refractivity contribution is -0.131. The normalized spacial score (nSPS) is 14.2. The summed E-state index contributed by atoms with van der Waals surface area (Å²) in [5.74, 6) is 0.464. The molecule has 1 fully saturated rings. The first-order chi connectivity index (χ1) is 12.2. The Bertz CT molecular complexity index is 702. The van der Waals surface area contributed by atoms with Crippen molar-refractivity contribution in [1.29, 1.82) is 0 Å². The molecule has 0 unspecified atom stereocenters. The van der Waals surface area contributed by atoms with Gasteiger partial charge in [0.05, 0.1) is 0 Å². The Morgan fingerprint density at radius 3 is 2.36 bits per heavy atom. The third kappa shape index (κ3) is 4.50. The molecule has 25 heavy (non-hydrogen) atoms. The molecular weight excluding hydrogens is 320 g/mol. The topological polar surface area (TPSA) is 91.3 Å². The second-order valence-corrected chi connectivity index (χ2v) is 5.64. The van der Waals surface area contributed by atoms with E-state index in [0.29, 0.717) is 44.4 Å². The number of aromatic nitrogens is 3. The molecule has 3 heterocycles. The van der Waals surface area contributed by atoms with Gasteiger partial charge in [-0.15, -0.1) is 0 Å². The van der Waals surface area contributed by atoms with Gasteiger partial charge in [0, 0.05) is 57.7 Å². The number of carbonyl (C=O) groups is 2. The first kappa shape index (κ1) is 16.8. The molecule has 1 aliphatic rings. The highest BCUT2D eigenvalue weighted by Crippen LogP contribution is 2.10. The fourth-order valence-electron chi connectivity index (χ4n) is 2.64. The number of nitrogens with one attached hydrogen (secondary N) is 1. The van der Waals surface area contributed by atoms with Crippen LogP contribution in [-0.4, -0.2) is 64.4 Å². The molecule has 1 aliphatic heterocycles. The zero-order chi connectivity index (χ0) is 17.5. The van der Waals surface area contributed by atoms with Crippen LogP contribution in [0.15, 0.2) is 42.9 Å². The van der Waals surface area contributed by atoms with E-state index in [2.05, 4.69) is 25.2 Å². The maximum absolute atomic E-state index is 12.3. The molecule has 0 bridgehead atoms. The molecule has 1 saturated heterocycles. The molecule has 0 aromatic carbocycles. The van der Waals surface area contributed by atoms with Crippen LogP contribution in [0.3, 0.4) is 0 Å². The zero-order valence-electron chi connectivity index (χ0n) is 13.8. The molecule has 1 N–H and O–H groups in total. The van der Waals surface area contributed by atoms with E-state index in [9.17, 15) is 9.59 Å². The fourth-order valence-corrected chi connectivity index (χ4v) is 2.64. The quantitative estimate of drug-likeness (QED) is 0.844. The van der Waals surface area contributed by atoms with E-state index in [1.807, 2.05) is 4.90 Å². The Morgan fingerprint density at radius 2 is 1.68 bits per heavy atom. The Balaban J connectivity index is 1.40. The van der Waals surface area contributed by atoms with Gasteiger partial charge < -0.3 is 15.1 Å². The van der Waals surface area contributed by atoms with Gasteiger partial charge in [-0.3, -0.25) is 14.6 Å². The smallest absolute Gasteiger partial charge is 0.269 e. The van der Waals surface area contributed by atoms with Gasteiger partial charge in [-0.25, -0.2) is 9.97 Å². The lowest BCUT2D eigenvalue weighted by Crippen LogP contribution is -2.49. The summed E-state index contributed by atoms with van der Waals surface area (Å²) in [4.78, 5) is 40.5. The second-order valence-electron chi connectivity index (χ2n) is 5.64. The first-order valence-electron chi connectivity index (χ1n) is 8.23. The van der Waals surface area contributed by atoms with Crippen LogP contribution in [0.4, 0.5) is 5.95 Å². The maximum Gasteiger partial charge on any atom is 0.269 e. The van der Waals surface area contributed by atoms with E-state index in [1.165, 1.54) is 0 Å². The summed E-state index contributed by atoms with van der Waals surface area (Å²) in [6.45, 7) is 2.97. The van der Waals surface area contributed by atoms with Crippen LogP contribution in [-0.2, 0) is 4.79 Å². The SMILES string of the molecule is O=C(NCCC(=O)N1CCN(c2ncccn2)CC1)c1ccccn1. The number of amides is 2. The number of pyridine rings is 1. The largest absolute Gasteiger partial charge is 0.350 e. The van der Waals surface area contributed by atoms with Crippen molar-refractivity contribution in [3.63, 3.8) is 0 Å². The van der Waals surface area contributed by atoms with Crippen molar-refractivity contribution < 1.29 is 9.59 Å². The van der Waals surface area contributed by atoms with E-state index in [1.54, 1.807) is 42.9 Å². The average Bonchev–Trinajstić information content (AvgIpc) is 2.69. The second kappa shape index (κ2) is 8.18. The monoisotopic (exact) mass is 340 g/mol. The first-order valence-corrected chi connectivity index (χ1v) is 8.23. The van der Waals surface area contributed by atoms with E-state index in [-0.39, 0.29) is 18.2 Å². The highest BCUT2D eigenvalue weighted by atomic mass is 16.2. The van der Waals surface area contributed by atoms with Gasteiger partial charge in [0.2, 0.25) is 11.9 Å². The number of piperazine rings is 1. The Hall–Kier alpha value is -3.03. The number of carbonyl (C=O) groups excluding carboxylic acids is 2.